The van der Waals surface area contributed by atoms with Crippen molar-refractivity contribution in [2.45, 2.75) is 19.8 Å². The summed E-state index contributed by atoms with van der Waals surface area (Å²) in [6.07, 6.45) is 0. The topological polar surface area (TPSA) is 43.4 Å². The molecule has 1 atom stereocenters. The summed E-state index contributed by atoms with van der Waals surface area (Å²) in [6.45, 7) is 3.41. The molecule has 0 radical (unpaired) electrons. The zero-order valence-electron chi connectivity index (χ0n) is 8.90. The fourth-order valence-corrected chi connectivity index (χ4v) is 1.41. The highest BCUT2D eigenvalue weighted by Crippen LogP contribution is 2.18. The molecule has 1 aromatic carbocycles. The summed E-state index contributed by atoms with van der Waals surface area (Å²) < 4.78 is 4.86. The van der Waals surface area contributed by atoms with Crippen LogP contribution in [-0.2, 0) is 14.3 Å². The van der Waals surface area contributed by atoms with Crippen molar-refractivity contribution in [1.82, 2.24) is 0 Å². The molecule has 0 bridgehead atoms. The maximum Gasteiger partial charge on any atom is 0.320 e. The Balaban J connectivity index is 2.94. The molecule has 0 spiro atoms. The van der Waals surface area contributed by atoms with Crippen LogP contribution in [0.1, 0.15) is 25.3 Å². The molecule has 3 nitrogen and oxygen atoms in total. The monoisotopic (exact) mass is 206 g/mol. The molecule has 0 aliphatic rings. The molecule has 1 rings (SSSR count). The lowest BCUT2D eigenvalue weighted by atomic mass is 9.96. The minimum atomic E-state index is -0.786. The highest BCUT2D eigenvalue weighted by molar-refractivity contribution is 6.03. The first-order chi connectivity index (χ1) is 7.16. The van der Waals surface area contributed by atoms with E-state index in [1.165, 1.54) is 6.92 Å². The predicted octanol–water partition coefficient (Wildman–Crippen LogP) is 1.92. The van der Waals surface area contributed by atoms with E-state index in [4.69, 9.17) is 4.74 Å². The minimum Gasteiger partial charge on any atom is -0.465 e. The highest BCUT2D eigenvalue weighted by atomic mass is 16.5. The van der Waals surface area contributed by atoms with Crippen LogP contribution in [0.3, 0.4) is 0 Å². The highest BCUT2D eigenvalue weighted by Gasteiger charge is 2.26. The van der Waals surface area contributed by atoms with Crippen LogP contribution >= 0.6 is 0 Å². The number of carbonyl (C=O) groups excluding carboxylic acids is 2. The molecule has 0 aromatic heterocycles. The molecule has 3 heteroatoms. The van der Waals surface area contributed by atoms with E-state index in [2.05, 4.69) is 0 Å². The third kappa shape index (κ3) is 2.91. The minimum absolute atomic E-state index is 0.195. The fraction of sp³-hybridized carbons (Fsp3) is 0.333. The Kier molecular flexibility index (Phi) is 4.03. The van der Waals surface area contributed by atoms with Crippen LogP contribution < -0.4 is 0 Å². The number of rotatable bonds is 4. The molecule has 0 fully saturated rings. The summed E-state index contributed by atoms with van der Waals surface area (Å²) in [5.74, 6) is -1.46. The zero-order valence-corrected chi connectivity index (χ0v) is 8.90. The number of benzene rings is 1. The smallest absolute Gasteiger partial charge is 0.320 e. The van der Waals surface area contributed by atoms with E-state index >= 15 is 0 Å². The maximum atomic E-state index is 11.5. The molecule has 0 heterocycles. The molecular formula is C12H14O3. The van der Waals surface area contributed by atoms with Crippen molar-refractivity contribution >= 4 is 11.8 Å². The number of ether oxygens (including phenoxy) is 1. The van der Waals surface area contributed by atoms with E-state index in [0.29, 0.717) is 5.56 Å². The van der Waals surface area contributed by atoms with Gasteiger partial charge in [0.1, 0.15) is 11.7 Å². The van der Waals surface area contributed by atoms with E-state index in [0.717, 1.165) is 0 Å². The van der Waals surface area contributed by atoms with Gasteiger partial charge in [-0.05, 0) is 19.4 Å². The molecular weight excluding hydrogens is 192 g/mol. The number of Topliss-reactive ketones (excluding diaryl/α,β-unsaturated/α-hetero) is 1. The first-order valence-corrected chi connectivity index (χ1v) is 4.88. The van der Waals surface area contributed by atoms with E-state index in [1.54, 1.807) is 31.2 Å². The van der Waals surface area contributed by atoms with E-state index < -0.39 is 11.9 Å². The Bertz CT molecular complexity index is 343. The lowest BCUT2D eigenvalue weighted by Crippen LogP contribution is -2.22. The van der Waals surface area contributed by atoms with Crippen molar-refractivity contribution in [2.75, 3.05) is 6.61 Å². The van der Waals surface area contributed by atoms with Crippen molar-refractivity contribution in [3.63, 3.8) is 0 Å². The molecule has 15 heavy (non-hydrogen) atoms. The maximum absolute atomic E-state index is 11.5. The Morgan fingerprint density at radius 3 is 2.33 bits per heavy atom. The number of hydrogen-bond donors (Lipinski definition) is 0. The van der Waals surface area contributed by atoms with Gasteiger partial charge in [-0.2, -0.15) is 0 Å². The second kappa shape index (κ2) is 5.29. The van der Waals surface area contributed by atoms with Gasteiger partial charge in [0.15, 0.2) is 0 Å². The van der Waals surface area contributed by atoms with Gasteiger partial charge < -0.3 is 4.74 Å². The second-order valence-corrected chi connectivity index (χ2v) is 3.21. The van der Waals surface area contributed by atoms with Crippen molar-refractivity contribution in [2.24, 2.45) is 0 Å². The molecule has 0 aliphatic carbocycles. The summed E-state index contributed by atoms with van der Waals surface area (Å²) in [5.41, 5.74) is 0.684. The summed E-state index contributed by atoms with van der Waals surface area (Å²) in [5, 5.41) is 0. The van der Waals surface area contributed by atoms with Crippen LogP contribution in [0.2, 0.25) is 0 Å². The SMILES string of the molecule is CCOC(=O)[C@H](C(C)=O)c1ccccc1. The number of carbonyl (C=O) groups is 2. The van der Waals surface area contributed by atoms with Gasteiger partial charge in [-0.1, -0.05) is 30.3 Å². The van der Waals surface area contributed by atoms with Gasteiger partial charge >= 0.3 is 5.97 Å². The normalized spacial score (nSPS) is 11.9. The van der Waals surface area contributed by atoms with Gasteiger partial charge in [0.2, 0.25) is 0 Å². The number of esters is 1. The standard InChI is InChI=1S/C12H14O3/c1-3-15-12(14)11(9(2)13)10-7-5-4-6-8-10/h4-8,11H,3H2,1-2H3/t11-/m1/s1. The summed E-state index contributed by atoms with van der Waals surface area (Å²) in [4.78, 5) is 22.9. The van der Waals surface area contributed by atoms with Crippen LogP contribution in [-0.4, -0.2) is 18.4 Å². The van der Waals surface area contributed by atoms with Gasteiger partial charge in [0.25, 0.3) is 0 Å². The molecule has 1 aromatic rings. The fourth-order valence-electron chi connectivity index (χ4n) is 1.41. The molecule has 0 aliphatic heterocycles. The second-order valence-electron chi connectivity index (χ2n) is 3.21. The number of hydrogen-bond acceptors (Lipinski definition) is 3. The summed E-state index contributed by atoms with van der Waals surface area (Å²) >= 11 is 0. The summed E-state index contributed by atoms with van der Waals surface area (Å²) in [7, 11) is 0. The average Bonchev–Trinajstić information content (AvgIpc) is 2.19. The van der Waals surface area contributed by atoms with Crippen LogP contribution in [0.15, 0.2) is 30.3 Å². The zero-order chi connectivity index (χ0) is 11.3. The lowest BCUT2D eigenvalue weighted by Gasteiger charge is -2.12. The molecule has 0 amide bonds. The third-order valence-electron chi connectivity index (χ3n) is 2.06. The molecule has 80 valence electrons. The molecule has 0 N–H and O–H groups in total. The lowest BCUT2D eigenvalue weighted by molar-refractivity contribution is -0.147. The molecule has 0 saturated carbocycles. The first-order valence-electron chi connectivity index (χ1n) is 4.88. The Labute approximate surface area is 89.1 Å². The van der Waals surface area contributed by atoms with E-state index in [1.807, 2.05) is 6.07 Å². The van der Waals surface area contributed by atoms with Crippen LogP contribution in [0, 0.1) is 0 Å². The average molecular weight is 206 g/mol. The Hall–Kier alpha value is -1.64. The van der Waals surface area contributed by atoms with Crippen molar-refractivity contribution < 1.29 is 14.3 Å². The van der Waals surface area contributed by atoms with Crippen LogP contribution in [0.4, 0.5) is 0 Å². The van der Waals surface area contributed by atoms with Gasteiger partial charge in [0, 0.05) is 0 Å². The van der Waals surface area contributed by atoms with Crippen molar-refractivity contribution in [1.29, 1.82) is 0 Å². The van der Waals surface area contributed by atoms with Crippen molar-refractivity contribution in [3.05, 3.63) is 35.9 Å². The first kappa shape index (κ1) is 11.4. The van der Waals surface area contributed by atoms with Gasteiger partial charge in [-0.15, -0.1) is 0 Å². The van der Waals surface area contributed by atoms with Gasteiger partial charge in [-0.3, -0.25) is 9.59 Å². The Morgan fingerprint density at radius 2 is 1.87 bits per heavy atom. The van der Waals surface area contributed by atoms with Crippen molar-refractivity contribution in [3.8, 4) is 0 Å². The van der Waals surface area contributed by atoms with Gasteiger partial charge in [0.05, 0.1) is 6.61 Å². The van der Waals surface area contributed by atoms with E-state index in [9.17, 15) is 9.59 Å². The van der Waals surface area contributed by atoms with Crippen LogP contribution in [0.25, 0.3) is 0 Å². The van der Waals surface area contributed by atoms with E-state index in [-0.39, 0.29) is 12.4 Å². The third-order valence-corrected chi connectivity index (χ3v) is 2.06. The van der Waals surface area contributed by atoms with Crippen LogP contribution in [0.5, 0.6) is 0 Å². The summed E-state index contributed by atoms with van der Waals surface area (Å²) in [6, 6.07) is 8.94. The van der Waals surface area contributed by atoms with Gasteiger partial charge in [-0.25, -0.2) is 0 Å². The Morgan fingerprint density at radius 1 is 1.27 bits per heavy atom. The predicted molar refractivity (Wildman–Crippen MR) is 56.5 cm³/mol. The quantitative estimate of drug-likeness (QED) is 0.558. The number of ketones is 1. The molecule has 0 saturated heterocycles. The largest absolute Gasteiger partial charge is 0.465 e. The molecule has 0 unspecified atom stereocenters.